The van der Waals surface area contributed by atoms with Crippen molar-refractivity contribution in [3.05, 3.63) is 35.4 Å². The van der Waals surface area contributed by atoms with Crippen LogP contribution in [-0.4, -0.2) is 25.2 Å². The summed E-state index contributed by atoms with van der Waals surface area (Å²) in [6, 6.07) is 10.3. The molecule has 2 aliphatic rings. The van der Waals surface area contributed by atoms with Crippen molar-refractivity contribution in [1.82, 2.24) is 10.6 Å². The van der Waals surface area contributed by atoms with Crippen LogP contribution in [0.4, 0.5) is 0 Å². The van der Waals surface area contributed by atoms with Crippen LogP contribution in [0, 0.1) is 0 Å². The first-order valence-corrected chi connectivity index (χ1v) is 6.95. The third-order valence-electron chi connectivity index (χ3n) is 4.16. The van der Waals surface area contributed by atoms with Gasteiger partial charge < -0.3 is 10.6 Å². The van der Waals surface area contributed by atoms with Crippen LogP contribution >= 0.6 is 0 Å². The Bertz CT molecular complexity index is 369. The van der Waals surface area contributed by atoms with Gasteiger partial charge in [0, 0.05) is 18.6 Å². The van der Waals surface area contributed by atoms with Gasteiger partial charge in [-0.2, -0.15) is 0 Å². The highest BCUT2D eigenvalue weighted by molar-refractivity contribution is 5.30. The maximum atomic E-state index is 3.74. The Balaban J connectivity index is 1.53. The Morgan fingerprint density at radius 1 is 1.18 bits per heavy atom. The highest BCUT2D eigenvalue weighted by Gasteiger charge is 2.20. The van der Waals surface area contributed by atoms with E-state index in [4.69, 9.17) is 0 Å². The molecule has 1 aromatic rings. The largest absolute Gasteiger partial charge is 0.313 e. The summed E-state index contributed by atoms with van der Waals surface area (Å²) in [6.07, 6.45) is 6.44. The van der Waals surface area contributed by atoms with Crippen molar-refractivity contribution >= 4 is 0 Å². The van der Waals surface area contributed by atoms with Crippen molar-refractivity contribution in [3.8, 4) is 0 Å². The average Bonchev–Trinajstić information content (AvgIpc) is 2.89. The first-order chi connectivity index (χ1) is 8.42. The molecule has 3 rings (SSSR count). The molecule has 1 aliphatic carbocycles. The highest BCUT2D eigenvalue weighted by Crippen LogP contribution is 2.21. The molecule has 0 aromatic heterocycles. The van der Waals surface area contributed by atoms with Crippen molar-refractivity contribution < 1.29 is 0 Å². The third kappa shape index (κ3) is 2.70. The van der Waals surface area contributed by atoms with E-state index >= 15 is 0 Å². The monoisotopic (exact) mass is 230 g/mol. The van der Waals surface area contributed by atoms with Crippen LogP contribution in [0.1, 0.15) is 30.4 Å². The predicted octanol–water partition coefficient (Wildman–Crippen LogP) is 1.89. The molecule has 0 amide bonds. The lowest BCUT2D eigenvalue weighted by molar-refractivity contribution is 0.425. The summed E-state index contributed by atoms with van der Waals surface area (Å²) in [7, 11) is 0. The van der Waals surface area contributed by atoms with E-state index in [0.717, 1.165) is 6.54 Å². The second-order valence-corrected chi connectivity index (χ2v) is 5.41. The van der Waals surface area contributed by atoms with Crippen LogP contribution in [0.15, 0.2) is 24.3 Å². The molecule has 1 fully saturated rings. The van der Waals surface area contributed by atoms with Crippen molar-refractivity contribution in [3.63, 3.8) is 0 Å². The number of rotatable bonds is 3. The van der Waals surface area contributed by atoms with E-state index in [1.54, 1.807) is 11.1 Å². The summed E-state index contributed by atoms with van der Waals surface area (Å²) < 4.78 is 0. The lowest BCUT2D eigenvalue weighted by Gasteiger charge is -2.26. The minimum Gasteiger partial charge on any atom is -0.313 e. The molecule has 0 bridgehead atoms. The Morgan fingerprint density at radius 3 is 2.88 bits per heavy atom. The number of fused-ring (bicyclic) bond motifs is 1. The Labute approximate surface area is 104 Å². The van der Waals surface area contributed by atoms with Gasteiger partial charge in [-0.05, 0) is 49.8 Å². The van der Waals surface area contributed by atoms with Crippen LogP contribution < -0.4 is 10.6 Å². The SMILES string of the molecule is c1ccc2c(c1)CCC(NCC1CCCN1)C2. The van der Waals surface area contributed by atoms with Crippen molar-refractivity contribution in [2.24, 2.45) is 0 Å². The van der Waals surface area contributed by atoms with Gasteiger partial charge in [-0.1, -0.05) is 24.3 Å². The van der Waals surface area contributed by atoms with Gasteiger partial charge in [-0.15, -0.1) is 0 Å². The molecule has 2 N–H and O–H groups in total. The second-order valence-electron chi connectivity index (χ2n) is 5.41. The zero-order chi connectivity index (χ0) is 11.5. The minimum absolute atomic E-state index is 0.687. The summed E-state index contributed by atoms with van der Waals surface area (Å²) in [6.45, 7) is 2.35. The Morgan fingerprint density at radius 2 is 2.06 bits per heavy atom. The van der Waals surface area contributed by atoms with Crippen molar-refractivity contribution in [1.29, 1.82) is 0 Å². The van der Waals surface area contributed by atoms with E-state index in [1.807, 2.05) is 0 Å². The average molecular weight is 230 g/mol. The maximum Gasteiger partial charge on any atom is 0.0193 e. The lowest BCUT2D eigenvalue weighted by Crippen LogP contribution is -2.42. The van der Waals surface area contributed by atoms with E-state index in [9.17, 15) is 0 Å². The molecular formula is C15H22N2. The van der Waals surface area contributed by atoms with Gasteiger partial charge in [0.2, 0.25) is 0 Å². The smallest absolute Gasteiger partial charge is 0.0193 e. The van der Waals surface area contributed by atoms with Crippen molar-refractivity contribution in [2.75, 3.05) is 13.1 Å². The molecule has 2 unspecified atom stereocenters. The van der Waals surface area contributed by atoms with Crippen LogP contribution in [0.3, 0.4) is 0 Å². The maximum absolute atomic E-state index is 3.74. The summed E-state index contributed by atoms with van der Waals surface area (Å²) in [5.74, 6) is 0. The molecule has 2 atom stereocenters. The summed E-state index contributed by atoms with van der Waals surface area (Å²) >= 11 is 0. The molecule has 0 radical (unpaired) electrons. The van der Waals surface area contributed by atoms with E-state index in [2.05, 4.69) is 34.9 Å². The van der Waals surface area contributed by atoms with E-state index < -0.39 is 0 Å². The standard InChI is InChI=1S/C15H22N2/c1-2-5-13-10-14(8-7-12(13)4-1)17-11-15-6-3-9-16-15/h1-2,4-5,14-17H,3,6-11H2. The van der Waals surface area contributed by atoms with Crippen LogP contribution in [-0.2, 0) is 12.8 Å². The number of aryl methyl sites for hydroxylation is 1. The first kappa shape index (κ1) is 11.2. The Hall–Kier alpha value is -0.860. The quantitative estimate of drug-likeness (QED) is 0.828. The summed E-state index contributed by atoms with van der Waals surface area (Å²) in [5.41, 5.74) is 3.11. The molecule has 2 heteroatoms. The van der Waals surface area contributed by atoms with Gasteiger partial charge in [0.15, 0.2) is 0 Å². The molecule has 1 saturated heterocycles. The van der Waals surface area contributed by atoms with Gasteiger partial charge in [0.25, 0.3) is 0 Å². The number of nitrogens with one attached hydrogen (secondary N) is 2. The predicted molar refractivity (Wildman–Crippen MR) is 71.3 cm³/mol. The van der Waals surface area contributed by atoms with Crippen LogP contribution in [0.5, 0.6) is 0 Å². The van der Waals surface area contributed by atoms with E-state index in [1.165, 1.54) is 38.6 Å². The summed E-state index contributed by atoms with van der Waals surface area (Å²) in [5, 5.41) is 7.29. The molecule has 92 valence electrons. The molecular weight excluding hydrogens is 208 g/mol. The second kappa shape index (κ2) is 5.19. The molecule has 2 nitrogen and oxygen atoms in total. The first-order valence-electron chi connectivity index (χ1n) is 6.95. The van der Waals surface area contributed by atoms with Gasteiger partial charge in [-0.3, -0.25) is 0 Å². The zero-order valence-corrected chi connectivity index (χ0v) is 10.4. The topological polar surface area (TPSA) is 24.1 Å². The zero-order valence-electron chi connectivity index (χ0n) is 10.4. The van der Waals surface area contributed by atoms with Gasteiger partial charge in [-0.25, -0.2) is 0 Å². The highest BCUT2D eigenvalue weighted by atomic mass is 15.0. The fourth-order valence-electron chi connectivity index (χ4n) is 3.11. The number of hydrogen-bond donors (Lipinski definition) is 2. The molecule has 1 aliphatic heterocycles. The van der Waals surface area contributed by atoms with Crippen LogP contribution in [0.25, 0.3) is 0 Å². The van der Waals surface area contributed by atoms with Crippen LogP contribution in [0.2, 0.25) is 0 Å². The minimum atomic E-state index is 0.687. The van der Waals surface area contributed by atoms with Gasteiger partial charge in [0.1, 0.15) is 0 Å². The van der Waals surface area contributed by atoms with E-state index in [-0.39, 0.29) is 0 Å². The van der Waals surface area contributed by atoms with E-state index in [0.29, 0.717) is 12.1 Å². The number of hydrogen-bond acceptors (Lipinski definition) is 2. The van der Waals surface area contributed by atoms with Gasteiger partial charge in [0.05, 0.1) is 0 Å². The Kier molecular flexibility index (Phi) is 3.44. The molecule has 1 aromatic carbocycles. The normalized spacial score (nSPS) is 28.0. The lowest BCUT2D eigenvalue weighted by atomic mass is 9.88. The molecule has 0 saturated carbocycles. The van der Waals surface area contributed by atoms with Gasteiger partial charge >= 0.3 is 0 Å². The summed E-state index contributed by atoms with van der Waals surface area (Å²) in [4.78, 5) is 0. The molecule has 1 heterocycles. The molecule has 0 spiro atoms. The molecule has 17 heavy (non-hydrogen) atoms. The third-order valence-corrected chi connectivity index (χ3v) is 4.16. The fraction of sp³-hybridized carbons (Fsp3) is 0.600. The number of benzene rings is 1. The fourth-order valence-corrected chi connectivity index (χ4v) is 3.11. The van der Waals surface area contributed by atoms with Crippen molar-refractivity contribution in [2.45, 2.75) is 44.2 Å².